The smallest absolute Gasteiger partial charge is 0.270 e. The molecule has 0 bridgehead atoms. The van der Waals surface area contributed by atoms with Crippen LogP contribution in [0.15, 0.2) is 42.5 Å². The summed E-state index contributed by atoms with van der Waals surface area (Å²) in [5, 5.41) is 15.0. The Morgan fingerprint density at radius 2 is 1.86 bits per heavy atom. The maximum absolute atomic E-state index is 10.9. The van der Waals surface area contributed by atoms with Crippen molar-refractivity contribution in [3.8, 4) is 0 Å². The van der Waals surface area contributed by atoms with Crippen LogP contribution in [0.25, 0.3) is 10.2 Å². The van der Waals surface area contributed by atoms with Gasteiger partial charge >= 0.3 is 0 Å². The highest BCUT2D eigenvalue weighted by Gasteiger charge is 2.21. The number of benzene rings is 2. The molecule has 1 fully saturated rings. The van der Waals surface area contributed by atoms with Gasteiger partial charge in [-0.1, -0.05) is 35.6 Å². The molecule has 2 heterocycles. The van der Waals surface area contributed by atoms with Crippen molar-refractivity contribution >= 4 is 32.4 Å². The zero-order chi connectivity index (χ0) is 20.4. The van der Waals surface area contributed by atoms with Crippen LogP contribution in [0.1, 0.15) is 25.0 Å². The van der Waals surface area contributed by atoms with Crippen LogP contribution in [0.4, 0.5) is 10.8 Å². The molecule has 0 aliphatic carbocycles. The van der Waals surface area contributed by atoms with Crippen LogP contribution in [0.3, 0.4) is 0 Å². The van der Waals surface area contributed by atoms with Crippen molar-refractivity contribution in [3.63, 3.8) is 0 Å². The van der Waals surface area contributed by atoms with Gasteiger partial charge in [0.25, 0.3) is 5.69 Å². The summed E-state index contributed by atoms with van der Waals surface area (Å²) >= 11 is 1.43. The van der Waals surface area contributed by atoms with Crippen molar-refractivity contribution in [1.29, 1.82) is 0 Å². The number of nitro benzene ring substituents is 1. The van der Waals surface area contributed by atoms with Crippen LogP contribution in [-0.4, -0.2) is 40.1 Å². The van der Waals surface area contributed by atoms with Crippen molar-refractivity contribution in [2.24, 2.45) is 0 Å². The lowest BCUT2D eigenvalue weighted by Crippen LogP contribution is -2.44. The third-order valence-corrected chi connectivity index (χ3v) is 5.93. The highest BCUT2D eigenvalue weighted by Crippen LogP contribution is 2.29. The second kappa shape index (κ2) is 8.44. The van der Waals surface area contributed by atoms with Crippen LogP contribution in [0.2, 0.25) is 0 Å². The predicted octanol–water partition coefficient (Wildman–Crippen LogP) is 4.43. The van der Waals surface area contributed by atoms with Crippen molar-refractivity contribution in [2.75, 3.05) is 18.4 Å². The number of anilines is 1. The normalized spacial score (nSPS) is 20.1. The minimum atomic E-state index is -0.383. The Balaban J connectivity index is 1.35. The molecular weight excluding hydrogens is 388 g/mol. The van der Waals surface area contributed by atoms with Gasteiger partial charge in [0.05, 0.1) is 27.3 Å². The summed E-state index contributed by atoms with van der Waals surface area (Å²) in [6, 6.07) is 13.4. The molecule has 1 aliphatic rings. The maximum Gasteiger partial charge on any atom is 0.270 e. The van der Waals surface area contributed by atoms with E-state index in [1.54, 1.807) is 12.1 Å². The molecular formula is C21H24N4O3S. The van der Waals surface area contributed by atoms with Crippen molar-refractivity contribution in [3.05, 3.63) is 63.7 Å². The minimum absolute atomic E-state index is 0.0901. The van der Waals surface area contributed by atoms with Crippen LogP contribution in [-0.2, 0) is 17.8 Å². The number of hydrogen-bond donors (Lipinski definition) is 1. The van der Waals surface area contributed by atoms with Crippen molar-refractivity contribution in [2.45, 2.75) is 39.1 Å². The van der Waals surface area contributed by atoms with E-state index in [1.807, 2.05) is 0 Å². The second-order valence-electron chi connectivity index (χ2n) is 7.55. The molecule has 0 saturated carbocycles. The minimum Gasteiger partial charge on any atom is -0.373 e. The molecule has 0 amide bonds. The van der Waals surface area contributed by atoms with Crippen molar-refractivity contribution < 1.29 is 9.66 Å². The maximum atomic E-state index is 10.9. The van der Waals surface area contributed by atoms with Crippen LogP contribution in [0.5, 0.6) is 0 Å². The number of aromatic nitrogens is 1. The molecule has 2 aromatic carbocycles. The largest absolute Gasteiger partial charge is 0.373 e. The number of nitrogens with zero attached hydrogens (tertiary/aromatic N) is 3. The van der Waals surface area contributed by atoms with E-state index in [1.165, 1.54) is 28.5 Å². The fourth-order valence-corrected chi connectivity index (χ4v) is 4.61. The fraction of sp³-hybridized carbons (Fsp3) is 0.381. The van der Waals surface area contributed by atoms with Gasteiger partial charge in [0.2, 0.25) is 0 Å². The molecule has 2 atom stereocenters. The molecule has 4 rings (SSSR count). The van der Waals surface area contributed by atoms with Gasteiger partial charge in [0, 0.05) is 38.3 Å². The molecule has 0 radical (unpaired) electrons. The number of thiazole rings is 1. The van der Waals surface area contributed by atoms with E-state index in [0.29, 0.717) is 6.54 Å². The van der Waals surface area contributed by atoms with E-state index in [9.17, 15) is 10.1 Å². The van der Waals surface area contributed by atoms with E-state index < -0.39 is 0 Å². The molecule has 1 saturated heterocycles. The highest BCUT2D eigenvalue weighted by atomic mass is 32.1. The first-order chi connectivity index (χ1) is 14.0. The first-order valence-corrected chi connectivity index (χ1v) is 10.5. The lowest BCUT2D eigenvalue weighted by molar-refractivity contribution is -0.384. The number of non-ortho nitro benzene ring substituents is 1. The lowest BCUT2D eigenvalue weighted by atomic mass is 10.1. The molecule has 2 unspecified atom stereocenters. The summed E-state index contributed by atoms with van der Waals surface area (Å²) in [6.45, 7) is 7.76. The van der Waals surface area contributed by atoms with Gasteiger partial charge in [0.15, 0.2) is 5.13 Å². The van der Waals surface area contributed by atoms with Crippen LogP contribution in [0, 0.1) is 10.1 Å². The summed E-state index contributed by atoms with van der Waals surface area (Å²) in [6.07, 6.45) is 0.551. The van der Waals surface area contributed by atoms with Gasteiger partial charge in [0.1, 0.15) is 0 Å². The molecule has 29 heavy (non-hydrogen) atoms. The predicted molar refractivity (Wildman–Crippen MR) is 115 cm³/mol. The summed E-state index contributed by atoms with van der Waals surface area (Å²) in [5.41, 5.74) is 3.32. The Morgan fingerprint density at radius 3 is 2.55 bits per heavy atom. The Kier molecular flexibility index (Phi) is 5.75. The summed E-state index contributed by atoms with van der Waals surface area (Å²) in [7, 11) is 0. The summed E-state index contributed by atoms with van der Waals surface area (Å²) < 4.78 is 6.61. The van der Waals surface area contributed by atoms with E-state index in [0.717, 1.165) is 35.0 Å². The number of rotatable bonds is 6. The van der Waals surface area contributed by atoms with Gasteiger partial charge in [-0.2, -0.15) is 0 Å². The molecule has 7 nitrogen and oxygen atoms in total. The molecule has 0 spiro atoms. The number of morpholine rings is 1. The quantitative estimate of drug-likeness (QED) is 0.477. The molecule has 1 aliphatic heterocycles. The summed E-state index contributed by atoms with van der Waals surface area (Å²) in [4.78, 5) is 17.5. The van der Waals surface area contributed by atoms with E-state index >= 15 is 0 Å². The topological polar surface area (TPSA) is 80.5 Å². The Morgan fingerprint density at radius 1 is 1.17 bits per heavy atom. The van der Waals surface area contributed by atoms with Crippen LogP contribution >= 0.6 is 11.3 Å². The van der Waals surface area contributed by atoms with Gasteiger partial charge < -0.3 is 10.1 Å². The van der Waals surface area contributed by atoms with E-state index in [-0.39, 0.29) is 22.8 Å². The molecule has 1 N–H and O–H groups in total. The van der Waals surface area contributed by atoms with Gasteiger partial charge in [-0.05, 0) is 31.0 Å². The van der Waals surface area contributed by atoms with E-state index in [4.69, 9.17) is 4.74 Å². The SMILES string of the molecule is CC1CN(Cc2ccc(CNc3nc4ccc([N+](=O)[O-])cc4s3)cc2)CC(C)O1. The molecule has 3 aromatic rings. The second-order valence-corrected chi connectivity index (χ2v) is 8.58. The van der Waals surface area contributed by atoms with Gasteiger partial charge in [-0.25, -0.2) is 4.98 Å². The zero-order valence-corrected chi connectivity index (χ0v) is 17.3. The highest BCUT2D eigenvalue weighted by molar-refractivity contribution is 7.22. The fourth-order valence-electron chi connectivity index (χ4n) is 3.71. The molecule has 152 valence electrons. The number of nitro groups is 1. The van der Waals surface area contributed by atoms with Crippen molar-refractivity contribution in [1.82, 2.24) is 9.88 Å². The average Bonchev–Trinajstić information content (AvgIpc) is 3.08. The monoisotopic (exact) mass is 412 g/mol. The Labute approximate surface area is 173 Å². The van der Waals surface area contributed by atoms with Gasteiger partial charge in [-0.15, -0.1) is 0 Å². The first-order valence-electron chi connectivity index (χ1n) is 9.71. The lowest BCUT2D eigenvalue weighted by Gasteiger charge is -2.35. The molecule has 8 heteroatoms. The third-order valence-electron chi connectivity index (χ3n) is 4.95. The summed E-state index contributed by atoms with van der Waals surface area (Å²) in [5.74, 6) is 0. The first kappa shape index (κ1) is 19.8. The number of fused-ring (bicyclic) bond motifs is 1. The van der Waals surface area contributed by atoms with Gasteiger partial charge in [-0.3, -0.25) is 15.0 Å². The zero-order valence-electron chi connectivity index (χ0n) is 16.5. The Hall–Kier alpha value is -2.55. The number of ether oxygens (including phenoxy) is 1. The average molecular weight is 413 g/mol. The number of nitrogens with one attached hydrogen (secondary N) is 1. The molecule has 1 aromatic heterocycles. The van der Waals surface area contributed by atoms with E-state index in [2.05, 4.69) is 53.3 Å². The Bertz CT molecular complexity index is 995. The standard InChI is InChI=1S/C21H24N4O3S/c1-14-11-24(12-15(2)28-14)13-17-5-3-16(4-6-17)10-22-21-23-19-8-7-18(25(26)27)9-20(19)29-21/h3-9,14-15H,10-13H2,1-2H3,(H,22,23). The third kappa shape index (κ3) is 4.90. The number of hydrogen-bond acceptors (Lipinski definition) is 7. The van der Waals surface area contributed by atoms with Crippen LogP contribution < -0.4 is 5.32 Å².